The lowest BCUT2D eigenvalue weighted by Gasteiger charge is -2.29. The Morgan fingerprint density at radius 3 is 1.92 bits per heavy atom. The Bertz CT molecular complexity index is 633. The highest BCUT2D eigenvalue weighted by Gasteiger charge is 2.33. The van der Waals surface area contributed by atoms with Gasteiger partial charge in [-0.05, 0) is 11.1 Å². The van der Waals surface area contributed by atoms with Crippen LogP contribution in [0.5, 0.6) is 0 Å². The van der Waals surface area contributed by atoms with Crippen molar-refractivity contribution in [2.24, 2.45) is 0 Å². The molecule has 140 valence electrons. The van der Waals surface area contributed by atoms with Crippen molar-refractivity contribution in [1.29, 1.82) is 0 Å². The van der Waals surface area contributed by atoms with Gasteiger partial charge in [0, 0.05) is 0 Å². The molecule has 0 aliphatic rings. The van der Waals surface area contributed by atoms with Gasteiger partial charge < -0.3 is 29.6 Å². The van der Waals surface area contributed by atoms with Gasteiger partial charge in [0.05, 0.1) is 19.8 Å². The quantitative estimate of drug-likeness (QED) is 0.519. The molecule has 0 spiro atoms. The van der Waals surface area contributed by atoms with Crippen LogP contribution >= 0.6 is 0 Å². The van der Waals surface area contributed by atoms with E-state index in [1.165, 1.54) is 0 Å². The zero-order chi connectivity index (χ0) is 18.8. The van der Waals surface area contributed by atoms with E-state index in [0.29, 0.717) is 0 Å². The maximum absolute atomic E-state index is 10.8. The lowest BCUT2D eigenvalue weighted by molar-refractivity contribution is -0.157. The van der Waals surface area contributed by atoms with Gasteiger partial charge in [-0.3, -0.25) is 0 Å². The van der Waals surface area contributed by atoms with Crippen molar-refractivity contribution in [3.63, 3.8) is 0 Å². The Labute approximate surface area is 152 Å². The molecule has 6 heteroatoms. The molecule has 0 bridgehead atoms. The fourth-order valence-corrected chi connectivity index (χ4v) is 2.45. The average molecular weight is 360 g/mol. The van der Waals surface area contributed by atoms with Crippen LogP contribution in [0.25, 0.3) is 0 Å². The van der Waals surface area contributed by atoms with Crippen LogP contribution in [0.15, 0.2) is 60.7 Å². The second-order valence-corrected chi connectivity index (χ2v) is 5.95. The molecule has 0 amide bonds. The summed E-state index contributed by atoms with van der Waals surface area (Å²) in [6, 6.07) is 18.6. The third kappa shape index (κ3) is 6.33. The van der Waals surface area contributed by atoms with Crippen LogP contribution in [0.3, 0.4) is 0 Å². The second-order valence-electron chi connectivity index (χ2n) is 5.95. The molecule has 0 aromatic heterocycles. The first-order chi connectivity index (χ1) is 12.6. The minimum Gasteiger partial charge on any atom is -0.388 e. The van der Waals surface area contributed by atoms with Crippen molar-refractivity contribution in [2.45, 2.75) is 37.6 Å². The molecular formula is C20H24O6. The molecular weight excluding hydrogens is 336 g/mol. The fourth-order valence-electron chi connectivity index (χ4n) is 2.45. The summed E-state index contributed by atoms with van der Waals surface area (Å²) < 4.78 is 11.0. The van der Waals surface area contributed by atoms with Crippen LogP contribution in [0.1, 0.15) is 11.1 Å². The van der Waals surface area contributed by atoms with Gasteiger partial charge in [-0.2, -0.15) is 0 Å². The summed E-state index contributed by atoms with van der Waals surface area (Å²) in [5.74, 6) is 0. The second kappa shape index (κ2) is 10.8. The molecule has 0 saturated heterocycles. The number of hydrogen-bond acceptors (Lipinski definition) is 6. The van der Waals surface area contributed by atoms with Crippen LogP contribution < -0.4 is 0 Å². The van der Waals surface area contributed by atoms with Crippen LogP contribution in [-0.2, 0) is 27.5 Å². The minimum absolute atomic E-state index is 0.114. The van der Waals surface area contributed by atoms with E-state index in [1.807, 2.05) is 60.7 Å². The summed E-state index contributed by atoms with van der Waals surface area (Å²) in [5.41, 5.74) is 1.78. The number of aliphatic hydroxyl groups is 3. The number of carbonyl (C=O) groups is 1. The molecule has 0 heterocycles. The summed E-state index contributed by atoms with van der Waals surface area (Å²) in [6.45, 7) is 0.288. The molecule has 2 rings (SSSR count). The Morgan fingerprint density at radius 2 is 1.38 bits per heavy atom. The van der Waals surface area contributed by atoms with Crippen LogP contribution in [0, 0.1) is 0 Å². The van der Waals surface area contributed by atoms with Crippen molar-refractivity contribution in [1.82, 2.24) is 0 Å². The topological polar surface area (TPSA) is 96.2 Å². The van der Waals surface area contributed by atoms with E-state index in [2.05, 4.69) is 0 Å². The smallest absolute Gasteiger partial charge is 0.151 e. The maximum atomic E-state index is 10.8. The largest absolute Gasteiger partial charge is 0.388 e. The van der Waals surface area contributed by atoms with Crippen molar-refractivity contribution >= 4 is 6.29 Å². The zero-order valence-corrected chi connectivity index (χ0v) is 14.3. The predicted octanol–water partition coefficient (Wildman–Crippen LogP) is 1.07. The van der Waals surface area contributed by atoms with Crippen molar-refractivity contribution in [2.75, 3.05) is 6.61 Å². The molecule has 6 nitrogen and oxygen atoms in total. The van der Waals surface area contributed by atoms with Gasteiger partial charge in [0.1, 0.15) is 24.4 Å². The molecule has 0 unspecified atom stereocenters. The highest BCUT2D eigenvalue weighted by molar-refractivity contribution is 5.56. The third-order valence-electron chi connectivity index (χ3n) is 3.89. The number of aliphatic hydroxyl groups excluding tert-OH is 3. The van der Waals surface area contributed by atoms with Crippen molar-refractivity contribution in [3.05, 3.63) is 71.8 Å². The van der Waals surface area contributed by atoms with E-state index >= 15 is 0 Å². The Kier molecular flexibility index (Phi) is 8.40. The van der Waals surface area contributed by atoms with E-state index < -0.39 is 24.4 Å². The van der Waals surface area contributed by atoms with Crippen LogP contribution in [-0.4, -0.2) is 52.6 Å². The summed E-state index contributed by atoms with van der Waals surface area (Å²) in [6.07, 6.45) is -5.40. The van der Waals surface area contributed by atoms with Crippen molar-refractivity contribution in [3.8, 4) is 0 Å². The Balaban J connectivity index is 1.93. The first-order valence-electron chi connectivity index (χ1n) is 8.38. The van der Waals surface area contributed by atoms with Gasteiger partial charge in [0.25, 0.3) is 0 Å². The molecule has 0 radical (unpaired) electrons. The van der Waals surface area contributed by atoms with Gasteiger partial charge >= 0.3 is 0 Å². The SMILES string of the molecule is O=C[C@H](O)[C@@H](O)[C@H](OCc1ccccc1)[C@H](O)COCc1ccccc1. The van der Waals surface area contributed by atoms with Gasteiger partial charge in [-0.25, -0.2) is 0 Å². The van der Waals surface area contributed by atoms with E-state index in [1.54, 1.807) is 0 Å². The Morgan fingerprint density at radius 1 is 0.846 bits per heavy atom. The van der Waals surface area contributed by atoms with Crippen LogP contribution in [0.2, 0.25) is 0 Å². The summed E-state index contributed by atoms with van der Waals surface area (Å²) in [5, 5.41) is 30.1. The molecule has 2 aromatic rings. The maximum Gasteiger partial charge on any atom is 0.151 e. The first kappa shape index (κ1) is 20.2. The highest BCUT2D eigenvalue weighted by Crippen LogP contribution is 2.14. The summed E-state index contributed by atoms with van der Waals surface area (Å²) >= 11 is 0. The van der Waals surface area contributed by atoms with E-state index in [4.69, 9.17) is 9.47 Å². The number of carbonyl (C=O) groups excluding carboxylic acids is 1. The standard InChI is InChI=1S/C20H24O6/c21-11-17(22)19(24)20(26-13-16-9-5-2-6-10-16)18(23)14-25-12-15-7-3-1-4-8-15/h1-11,17-20,22-24H,12-14H2/t17-,18+,19+,20+/m0/s1. The minimum atomic E-state index is -1.65. The molecule has 0 fully saturated rings. The molecule has 0 aliphatic heterocycles. The molecule has 2 aromatic carbocycles. The monoisotopic (exact) mass is 360 g/mol. The lowest BCUT2D eigenvalue weighted by Crippen LogP contribution is -2.48. The predicted molar refractivity (Wildman–Crippen MR) is 95.2 cm³/mol. The van der Waals surface area contributed by atoms with Crippen molar-refractivity contribution < 1.29 is 29.6 Å². The number of aldehydes is 1. The molecule has 0 saturated carbocycles. The molecule has 26 heavy (non-hydrogen) atoms. The number of rotatable bonds is 11. The van der Waals surface area contributed by atoms with E-state index in [9.17, 15) is 20.1 Å². The summed E-state index contributed by atoms with van der Waals surface area (Å²) in [7, 11) is 0. The third-order valence-corrected chi connectivity index (χ3v) is 3.89. The first-order valence-corrected chi connectivity index (χ1v) is 8.38. The summed E-state index contributed by atoms with van der Waals surface area (Å²) in [4.78, 5) is 10.8. The fraction of sp³-hybridized carbons (Fsp3) is 0.350. The van der Waals surface area contributed by atoms with E-state index in [-0.39, 0.29) is 26.1 Å². The normalized spacial score (nSPS) is 15.8. The average Bonchev–Trinajstić information content (AvgIpc) is 2.69. The number of ether oxygens (including phenoxy) is 2. The molecule has 0 aliphatic carbocycles. The van der Waals surface area contributed by atoms with Gasteiger partial charge in [0.2, 0.25) is 0 Å². The number of hydrogen-bond donors (Lipinski definition) is 3. The molecule has 4 atom stereocenters. The molecule has 3 N–H and O–H groups in total. The van der Waals surface area contributed by atoms with Crippen LogP contribution in [0.4, 0.5) is 0 Å². The highest BCUT2D eigenvalue weighted by atomic mass is 16.5. The number of benzene rings is 2. The zero-order valence-electron chi connectivity index (χ0n) is 14.3. The van der Waals surface area contributed by atoms with Gasteiger partial charge in [-0.1, -0.05) is 60.7 Å². The Hall–Kier alpha value is -2.09. The lowest BCUT2D eigenvalue weighted by atomic mass is 10.0. The van der Waals surface area contributed by atoms with E-state index in [0.717, 1.165) is 11.1 Å². The van der Waals surface area contributed by atoms with Gasteiger partial charge in [0.15, 0.2) is 6.29 Å². The van der Waals surface area contributed by atoms with Gasteiger partial charge in [-0.15, -0.1) is 0 Å².